The first kappa shape index (κ1) is 28.2. The molecule has 40 heavy (non-hydrogen) atoms. The van der Waals surface area contributed by atoms with Crippen molar-refractivity contribution in [2.24, 2.45) is 0 Å². The van der Waals surface area contributed by atoms with E-state index in [1.807, 2.05) is 56.2 Å². The standard InChI is InChI=1S/C30H37ClFN5O3/c1-19-17-34(13-14-35(19)28(38)26-7-6-12-36(26)29(39)40-30(3,4)5)22-9-11-25-27(16-22)37(18-33-25)20(2)23-10-8-21(31)15-24(23)32/h8-11,15-16,18-20,26H,6-7,12-14,17H2,1-5H3/t19-,20-,26?/m1/s1. The number of amides is 2. The molecule has 1 aromatic heterocycles. The van der Waals surface area contributed by atoms with Gasteiger partial charge in [0.05, 0.1) is 23.4 Å². The minimum atomic E-state index is -0.608. The molecule has 0 bridgehead atoms. The third-order valence-electron chi connectivity index (χ3n) is 7.83. The second-order valence-electron chi connectivity index (χ2n) is 11.8. The van der Waals surface area contributed by atoms with E-state index in [2.05, 4.69) is 16.0 Å². The van der Waals surface area contributed by atoms with E-state index in [4.69, 9.17) is 16.3 Å². The van der Waals surface area contributed by atoms with Crippen molar-refractivity contribution < 1.29 is 18.7 Å². The molecule has 10 heteroatoms. The zero-order valence-electron chi connectivity index (χ0n) is 23.7. The van der Waals surface area contributed by atoms with Crippen LogP contribution in [0.3, 0.4) is 0 Å². The van der Waals surface area contributed by atoms with Crippen LogP contribution in [0, 0.1) is 5.82 Å². The number of piperazine rings is 1. The van der Waals surface area contributed by atoms with Crippen LogP contribution in [0.1, 0.15) is 59.1 Å². The average molecular weight is 570 g/mol. The molecule has 3 aromatic rings. The molecule has 2 aliphatic heterocycles. The van der Waals surface area contributed by atoms with Gasteiger partial charge in [0.25, 0.3) is 0 Å². The van der Waals surface area contributed by atoms with Crippen LogP contribution in [0.4, 0.5) is 14.9 Å². The van der Waals surface area contributed by atoms with E-state index in [0.717, 1.165) is 23.1 Å². The number of benzene rings is 2. The molecule has 0 spiro atoms. The Balaban J connectivity index is 1.30. The number of hydrogen-bond donors (Lipinski definition) is 0. The number of carbonyl (C=O) groups excluding carboxylic acids is 2. The van der Waals surface area contributed by atoms with E-state index < -0.39 is 17.7 Å². The zero-order valence-corrected chi connectivity index (χ0v) is 24.5. The average Bonchev–Trinajstić information content (AvgIpc) is 3.54. The first-order valence-corrected chi connectivity index (χ1v) is 14.3. The van der Waals surface area contributed by atoms with Crippen LogP contribution in [-0.2, 0) is 9.53 Å². The summed E-state index contributed by atoms with van der Waals surface area (Å²) in [6, 6.07) is 10.0. The molecule has 8 nitrogen and oxygen atoms in total. The number of halogens is 2. The fraction of sp³-hybridized carbons (Fsp3) is 0.500. The van der Waals surface area contributed by atoms with Crippen molar-refractivity contribution in [3.05, 3.63) is 59.1 Å². The van der Waals surface area contributed by atoms with Gasteiger partial charge in [0.1, 0.15) is 17.5 Å². The maximum atomic E-state index is 14.7. The number of anilines is 1. The molecule has 3 atom stereocenters. The van der Waals surface area contributed by atoms with E-state index in [1.54, 1.807) is 23.4 Å². The van der Waals surface area contributed by atoms with Crippen LogP contribution in [0.25, 0.3) is 11.0 Å². The molecule has 2 amide bonds. The van der Waals surface area contributed by atoms with Crippen LogP contribution in [0.15, 0.2) is 42.7 Å². The summed E-state index contributed by atoms with van der Waals surface area (Å²) in [5.41, 5.74) is 2.69. The quantitative estimate of drug-likeness (QED) is 0.393. The lowest BCUT2D eigenvalue weighted by Gasteiger charge is -2.42. The Hall–Kier alpha value is -3.33. The molecule has 2 aromatic carbocycles. The van der Waals surface area contributed by atoms with E-state index in [9.17, 15) is 14.0 Å². The fourth-order valence-corrected chi connectivity index (χ4v) is 5.94. The van der Waals surface area contributed by atoms with Gasteiger partial charge in [-0.1, -0.05) is 17.7 Å². The normalized spacial score (nSPS) is 20.7. The number of carbonyl (C=O) groups is 2. The Kier molecular flexibility index (Phi) is 7.70. The van der Waals surface area contributed by atoms with Gasteiger partial charge in [0.15, 0.2) is 0 Å². The number of rotatable bonds is 4. The van der Waals surface area contributed by atoms with Gasteiger partial charge in [-0.05, 0) is 77.8 Å². The Bertz CT molecular complexity index is 1420. The first-order chi connectivity index (χ1) is 18.9. The summed E-state index contributed by atoms with van der Waals surface area (Å²) in [6.07, 6.45) is 2.76. The van der Waals surface area contributed by atoms with Crippen molar-refractivity contribution >= 4 is 40.3 Å². The Morgan fingerprint density at radius 1 is 1.10 bits per heavy atom. The smallest absolute Gasteiger partial charge is 0.410 e. The number of nitrogens with zero attached hydrogens (tertiary/aromatic N) is 5. The minimum absolute atomic E-state index is 0.0112. The number of likely N-dealkylation sites (tertiary alicyclic amines) is 1. The van der Waals surface area contributed by atoms with Crippen molar-refractivity contribution in [3.63, 3.8) is 0 Å². The van der Waals surface area contributed by atoms with Gasteiger partial charge in [-0.2, -0.15) is 0 Å². The second kappa shape index (κ2) is 10.9. The molecule has 3 heterocycles. The molecule has 2 fully saturated rings. The van der Waals surface area contributed by atoms with Crippen molar-refractivity contribution in [1.29, 1.82) is 0 Å². The third kappa shape index (κ3) is 5.61. The summed E-state index contributed by atoms with van der Waals surface area (Å²) in [4.78, 5) is 36.6. The van der Waals surface area contributed by atoms with Crippen LogP contribution in [0.5, 0.6) is 0 Å². The van der Waals surface area contributed by atoms with Crippen molar-refractivity contribution in [2.75, 3.05) is 31.1 Å². The molecule has 214 valence electrons. The fourth-order valence-electron chi connectivity index (χ4n) is 5.78. The SMILES string of the molecule is C[C@@H]1CN(c2ccc3ncn([C@H](C)c4ccc(Cl)cc4F)c3c2)CCN1C(=O)C1CCCN1C(=O)OC(C)(C)C. The van der Waals surface area contributed by atoms with Crippen molar-refractivity contribution in [2.45, 2.75) is 71.2 Å². The molecule has 2 saturated heterocycles. The molecule has 0 N–H and O–H groups in total. The summed E-state index contributed by atoms with van der Waals surface area (Å²) in [5, 5.41) is 0.364. The molecule has 0 radical (unpaired) electrons. The van der Waals surface area contributed by atoms with Crippen molar-refractivity contribution in [3.8, 4) is 0 Å². The number of aromatic nitrogens is 2. The first-order valence-electron chi connectivity index (χ1n) is 13.9. The predicted octanol–water partition coefficient (Wildman–Crippen LogP) is 5.87. The molecule has 5 rings (SSSR count). The van der Waals surface area contributed by atoms with Crippen LogP contribution >= 0.6 is 11.6 Å². The van der Waals surface area contributed by atoms with Crippen LogP contribution in [-0.4, -0.2) is 75.2 Å². The Morgan fingerprint density at radius 3 is 2.58 bits per heavy atom. The topological polar surface area (TPSA) is 70.9 Å². The molecule has 0 saturated carbocycles. The number of ether oxygens (including phenoxy) is 1. The van der Waals surface area contributed by atoms with Gasteiger partial charge in [-0.15, -0.1) is 0 Å². The van der Waals surface area contributed by atoms with E-state index in [0.29, 0.717) is 43.2 Å². The lowest BCUT2D eigenvalue weighted by atomic mass is 10.1. The molecular weight excluding hydrogens is 533 g/mol. The third-order valence-corrected chi connectivity index (χ3v) is 8.06. The lowest BCUT2D eigenvalue weighted by molar-refractivity contribution is -0.138. The van der Waals surface area contributed by atoms with Gasteiger partial charge in [-0.3, -0.25) is 9.69 Å². The summed E-state index contributed by atoms with van der Waals surface area (Å²) in [5.74, 6) is -0.358. The van der Waals surface area contributed by atoms with Crippen molar-refractivity contribution in [1.82, 2.24) is 19.4 Å². The monoisotopic (exact) mass is 569 g/mol. The number of imidazole rings is 1. The van der Waals surface area contributed by atoms with E-state index in [1.165, 1.54) is 6.07 Å². The minimum Gasteiger partial charge on any atom is -0.444 e. The summed E-state index contributed by atoms with van der Waals surface area (Å²) < 4.78 is 22.2. The zero-order chi connectivity index (χ0) is 28.8. The number of hydrogen-bond acceptors (Lipinski definition) is 5. The van der Waals surface area contributed by atoms with Gasteiger partial charge in [0.2, 0.25) is 5.91 Å². The highest BCUT2D eigenvalue weighted by Crippen LogP contribution is 2.31. The highest BCUT2D eigenvalue weighted by molar-refractivity contribution is 6.30. The Morgan fingerprint density at radius 2 is 1.88 bits per heavy atom. The number of fused-ring (bicyclic) bond motifs is 1. The lowest BCUT2D eigenvalue weighted by Crippen LogP contribution is -2.58. The van der Waals surface area contributed by atoms with Crippen LogP contribution < -0.4 is 4.90 Å². The van der Waals surface area contributed by atoms with Gasteiger partial charge in [0, 0.05) is 48.5 Å². The Labute approximate surface area is 239 Å². The van der Waals surface area contributed by atoms with Crippen LogP contribution in [0.2, 0.25) is 5.02 Å². The highest BCUT2D eigenvalue weighted by atomic mass is 35.5. The van der Waals surface area contributed by atoms with Gasteiger partial charge >= 0.3 is 6.09 Å². The summed E-state index contributed by atoms with van der Waals surface area (Å²) in [6.45, 7) is 11.9. The molecule has 0 aliphatic carbocycles. The second-order valence-corrected chi connectivity index (χ2v) is 12.3. The van der Waals surface area contributed by atoms with Gasteiger partial charge in [-0.25, -0.2) is 14.2 Å². The molecule has 1 unspecified atom stereocenters. The maximum Gasteiger partial charge on any atom is 0.410 e. The van der Waals surface area contributed by atoms with Gasteiger partial charge < -0.3 is 19.1 Å². The largest absolute Gasteiger partial charge is 0.444 e. The highest BCUT2D eigenvalue weighted by Gasteiger charge is 2.40. The summed E-state index contributed by atoms with van der Waals surface area (Å²) in [7, 11) is 0. The maximum absolute atomic E-state index is 14.7. The predicted molar refractivity (Wildman–Crippen MR) is 154 cm³/mol. The molecule has 2 aliphatic rings. The van der Waals surface area contributed by atoms with E-state index in [-0.39, 0.29) is 23.8 Å². The van der Waals surface area contributed by atoms with E-state index >= 15 is 0 Å². The molecular formula is C30H37ClFN5O3. The summed E-state index contributed by atoms with van der Waals surface area (Å²) >= 11 is 5.96.